The van der Waals surface area contributed by atoms with Crippen LogP contribution in [0, 0.1) is 5.82 Å². The molecule has 1 N–H and O–H groups in total. The molecule has 3 rings (SSSR count). The van der Waals surface area contributed by atoms with Crippen LogP contribution in [0.25, 0.3) is 11.1 Å². The highest BCUT2D eigenvalue weighted by atomic mass is 19.1. The molecule has 0 saturated carbocycles. The van der Waals surface area contributed by atoms with Gasteiger partial charge in [-0.2, -0.15) is 0 Å². The SMILES string of the molecule is CC(c1ccc(-c2ccccc2)c(F)c1)c1cc(CO)no1. The summed E-state index contributed by atoms with van der Waals surface area (Å²) >= 11 is 0. The number of halogens is 1. The van der Waals surface area contributed by atoms with E-state index in [0.717, 1.165) is 11.1 Å². The molecule has 1 unspecified atom stereocenters. The van der Waals surface area contributed by atoms with Gasteiger partial charge in [-0.25, -0.2) is 4.39 Å². The van der Waals surface area contributed by atoms with E-state index < -0.39 is 0 Å². The molecule has 1 heterocycles. The molecule has 0 aliphatic heterocycles. The molecule has 0 aliphatic rings. The van der Waals surface area contributed by atoms with Crippen molar-refractivity contribution in [3.8, 4) is 11.1 Å². The fourth-order valence-corrected chi connectivity index (χ4v) is 2.42. The van der Waals surface area contributed by atoms with Gasteiger partial charge in [-0.1, -0.05) is 54.5 Å². The molecule has 1 aromatic heterocycles. The predicted octanol–water partition coefficient (Wildman–Crippen LogP) is 4.12. The molecule has 0 spiro atoms. The van der Waals surface area contributed by atoms with Gasteiger partial charge in [0.15, 0.2) is 0 Å². The van der Waals surface area contributed by atoms with Crippen molar-refractivity contribution in [3.05, 3.63) is 77.4 Å². The lowest BCUT2D eigenvalue weighted by Gasteiger charge is -2.10. The summed E-state index contributed by atoms with van der Waals surface area (Å²) in [6.07, 6.45) is 0. The van der Waals surface area contributed by atoms with Crippen molar-refractivity contribution in [3.63, 3.8) is 0 Å². The van der Waals surface area contributed by atoms with Gasteiger partial charge in [0.2, 0.25) is 0 Å². The van der Waals surface area contributed by atoms with Gasteiger partial charge >= 0.3 is 0 Å². The minimum atomic E-state index is -0.266. The van der Waals surface area contributed by atoms with E-state index >= 15 is 0 Å². The Labute approximate surface area is 128 Å². The molecule has 3 aromatic rings. The number of rotatable bonds is 4. The molecule has 4 heteroatoms. The summed E-state index contributed by atoms with van der Waals surface area (Å²) in [6, 6.07) is 16.3. The van der Waals surface area contributed by atoms with Crippen LogP contribution in [-0.2, 0) is 6.61 Å². The lowest BCUT2D eigenvalue weighted by Crippen LogP contribution is -1.96. The lowest BCUT2D eigenvalue weighted by atomic mass is 9.95. The Morgan fingerprint density at radius 2 is 1.91 bits per heavy atom. The molecular weight excluding hydrogens is 281 g/mol. The zero-order chi connectivity index (χ0) is 15.5. The van der Waals surface area contributed by atoms with Crippen LogP contribution in [0.4, 0.5) is 4.39 Å². The van der Waals surface area contributed by atoms with Gasteiger partial charge in [-0.3, -0.25) is 0 Å². The molecule has 0 radical (unpaired) electrons. The first-order valence-corrected chi connectivity index (χ1v) is 7.10. The van der Waals surface area contributed by atoms with Crippen LogP contribution in [0.15, 0.2) is 59.1 Å². The maximum atomic E-state index is 14.4. The van der Waals surface area contributed by atoms with E-state index in [4.69, 9.17) is 9.63 Å². The average molecular weight is 297 g/mol. The molecule has 0 fully saturated rings. The summed E-state index contributed by atoms with van der Waals surface area (Å²) < 4.78 is 19.6. The lowest BCUT2D eigenvalue weighted by molar-refractivity contribution is 0.264. The van der Waals surface area contributed by atoms with Gasteiger partial charge in [0.1, 0.15) is 17.3 Å². The summed E-state index contributed by atoms with van der Waals surface area (Å²) in [4.78, 5) is 0. The van der Waals surface area contributed by atoms with Crippen LogP contribution >= 0.6 is 0 Å². The second-order valence-corrected chi connectivity index (χ2v) is 5.21. The molecule has 1 atom stereocenters. The van der Waals surface area contributed by atoms with E-state index in [-0.39, 0.29) is 18.3 Å². The second-order valence-electron chi connectivity index (χ2n) is 5.21. The Kier molecular flexibility index (Phi) is 4.02. The monoisotopic (exact) mass is 297 g/mol. The third-order valence-corrected chi connectivity index (χ3v) is 3.74. The minimum Gasteiger partial charge on any atom is -0.390 e. The van der Waals surface area contributed by atoms with E-state index in [2.05, 4.69) is 5.16 Å². The van der Waals surface area contributed by atoms with Crippen molar-refractivity contribution in [1.82, 2.24) is 5.16 Å². The minimum absolute atomic E-state index is 0.132. The van der Waals surface area contributed by atoms with Gasteiger partial charge in [0.25, 0.3) is 0 Å². The summed E-state index contributed by atoms with van der Waals surface area (Å²) in [5.74, 6) is 0.209. The summed E-state index contributed by atoms with van der Waals surface area (Å²) in [5.41, 5.74) is 2.70. The first kappa shape index (κ1) is 14.5. The number of hydrogen-bond donors (Lipinski definition) is 1. The van der Waals surface area contributed by atoms with Gasteiger partial charge in [-0.05, 0) is 17.2 Å². The van der Waals surface area contributed by atoms with Crippen molar-refractivity contribution in [2.75, 3.05) is 0 Å². The van der Waals surface area contributed by atoms with E-state index in [9.17, 15) is 4.39 Å². The van der Waals surface area contributed by atoms with E-state index in [1.807, 2.05) is 43.3 Å². The third-order valence-electron chi connectivity index (χ3n) is 3.74. The van der Waals surface area contributed by atoms with Gasteiger partial charge < -0.3 is 9.63 Å². The number of nitrogens with zero attached hydrogens (tertiary/aromatic N) is 1. The zero-order valence-electron chi connectivity index (χ0n) is 12.2. The predicted molar refractivity (Wildman–Crippen MR) is 81.8 cm³/mol. The van der Waals surface area contributed by atoms with Crippen LogP contribution in [0.5, 0.6) is 0 Å². The van der Waals surface area contributed by atoms with Crippen LogP contribution in [0.2, 0.25) is 0 Å². The summed E-state index contributed by atoms with van der Waals surface area (Å²) in [7, 11) is 0. The number of aliphatic hydroxyl groups is 1. The fraction of sp³-hybridized carbons (Fsp3) is 0.167. The second kappa shape index (κ2) is 6.12. The maximum Gasteiger partial charge on any atom is 0.144 e. The molecular formula is C18H16FNO2. The summed E-state index contributed by atoms with van der Waals surface area (Å²) in [6.45, 7) is 1.75. The molecule has 2 aromatic carbocycles. The first-order chi connectivity index (χ1) is 10.7. The molecule has 0 aliphatic carbocycles. The van der Waals surface area contributed by atoms with Crippen molar-refractivity contribution < 1.29 is 14.0 Å². The average Bonchev–Trinajstić information content (AvgIpc) is 3.04. The van der Waals surface area contributed by atoms with Crippen LogP contribution in [0.3, 0.4) is 0 Å². The normalized spacial score (nSPS) is 12.3. The van der Waals surface area contributed by atoms with Crippen LogP contribution < -0.4 is 0 Å². The first-order valence-electron chi connectivity index (χ1n) is 7.10. The largest absolute Gasteiger partial charge is 0.390 e. The van der Waals surface area contributed by atoms with Crippen molar-refractivity contribution in [1.29, 1.82) is 0 Å². The quantitative estimate of drug-likeness (QED) is 0.787. The Balaban J connectivity index is 1.91. The van der Waals surface area contributed by atoms with E-state index in [0.29, 0.717) is 17.0 Å². The van der Waals surface area contributed by atoms with Crippen LogP contribution in [0.1, 0.15) is 29.9 Å². The smallest absolute Gasteiger partial charge is 0.144 e. The highest BCUT2D eigenvalue weighted by Gasteiger charge is 2.16. The molecule has 3 nitrogen and oxygen atoms in total. The van der Waals surface area contributed by atoms with Gasteiger partial charge in [-0.15, -0.1) is 0 Å². The number of aliphatic hydroxyl groups excluding tert-OH is 1. The molecule has 0 bridgehead atoms. The van der Waals surface area contributed by atoms with Crippen molar-refractivity contribution >= 4 is 0 Å². The van der Waals surface area contributed by atoms with Gasteiger partial charge in [0.05, 0.1) is 6.61 Å². The Hall–Kier alpha value is -2.46. The third kappa shape index (κ3) is 2.78. The Morgan fingerprint density at radius 3 is 2.55 bits per heavy atom. The maximum absolute atomic E-state index is 14.4. The molecule has 0 amide bonds. The zero-order valence-corrected chi connectivity index (χ0v) is 12.2. The summed E-state index contributed by atoms with van der Waals surface area (Å²) in [5, 5.41) is 12.8. The topological polar surface area (TPSA) is 46.3 Å². The van der Waals surface area contributed by atoms with Gasteiger partial charge in [0, 0.05) is 17.5 Å². The van der Waals surface area contributed by atoms with E-state index in [1.165, 1.54) is 6.07 Å². The molecule has 112 valence electrons. The molecule has 22 heavy (non-hydrogen) atoms. The van der Waals surface area contributed by atoms with E-state index in [1.54, 1.807) is 12.1 Å². The van der Waals surface area contributed by atoms with Crippen molar-refractivity contribution in [2.24, 2.45) is 0 Å². The Morgan fingerprint density at radius 1 is 1.14 bits per heavy atom. The van der Waals surface area contributed by atoms with Crippen LogP contribution in [-0.4, -0.2) is 10.3 Å². The number of aromatic nitrogens is 1. The highest BCUT2D eigenvalue weighted by molar-refractivity contribution is 5.64. The standard InChI is InChI=1S/C18H16FNO2/c1-12(18-10-15(11-21)20-22-18)14-7-8-16(17(19)9-14)13-5-3-2-4-6-13/h2-10,12,21H,11H2,1H3. The van der Waals surface area contributed by atoms with Crippen molar-refractivity contribution in [2.45, 2.75) is 19.4 Å². The fourth-order valence-electron chi connectivity index (χ4n) is 2.42. The highest BCUT2D eigenvalue weighted by Crippen LogP contribution is 2.29. The number of hydrogen-bond acceptors (Lipinski definition) is 3. The Bertz CT molecular complexity index is 768. The molecule has 0 saturated heterocycles. The number of benzene rings is 2.